The maximum atomic E-state index is 2.50. The van der Waals surface area contributed by atoms with E-state index in [0.29, 0.717) is 6.17 Å². The summed E-state index contributed by atoms with van der Waals surface area (Å²) in [5.41, 5.74) is 3.91. The first kappa shape index (κ1) is 16.6. The molecule has 2 aromatic carbocycles. The van der Waals surface area contributed by atoms with Gasteiger partial charge in [0.05, 0.1) is 0 Å². The number of para-hydroxylation sites is 2. The third kappa shape index (κ3) is 2.52. The molecule has 1 unspecified atom stereocenters. The van der Waals surface area contributed by atoms with Gasteiger partial charge < -0.3 is 12.4 Å². The van der Waals surface area contributed by atoms with Gasteiger partial charge in [-0.3, -0.25) is 4.90 Å². The van der Waals surface area contributed by atoms with E-state index in [0.717, 1.165) is 0 Å². The summed E-state index contributed by atoms with van der Waals surface area (Å²) in [6.45, 7) is 9.12. The Hall–Kier alpha value is -1.80. The van der Waals surface area contributed by atoms with Crippen molar-refractivity contribution in [2.24, 2.45) is 0 Å². The highest BCUT2D eigenvalue weighted by Gasteiger charge is 2.49. The Bertz CT molecular complexity index is 662. The smallest absolute Gasteiger partial charge is 0.232 e. The zero-order valence-electron chi connectivity index (χ0n) is 13.6. The van der Waals surface area contributed by atoms with E-state index in [2.05, 4.69) is 97.8 Å². The maximum absolute atomic E-state index is 2.50. The summed E-state index contributed by atoms with van der Waals surface area (Å²) in [6.07, 6.45) is 0.296. The molecule has 0 bridgehead atoms. The van der Waals surface area contributed by atoms with E-state index in [-0.39, 0.29) is 17.9 Å². The van der Waals surface area contributed by atoms with Crippen LogP contribution in [0.25, 0.3) is 0 Å². The summed E-state index contributed by atoms with van der Waals surface area (Å²) < 4.78 is 2.44. The fourth-order valence-electron chi connectivity index (χ4n) is 3.46. The molecule has 0 amide bonds. The summed E-state index contributed by atoms with van der Waals surface area (Å²) in [4.78, 5) is 2.50. The predicted octanol–water partition coefficient (Wildman–Crippen LogP) is 1.44. The van der Waals surface area contributed by atoms with Gasteiger partial charge in [0, 0.05) is 31.7 Å². The van der Waals surface area contributed by atoms with Crippen LogP contribution in [0.4, 0.5) is 11.4 Å². The Morgan fingerprint density at radius 2 is 1.41 bits per heavy atom. The molecule has 2 nitrogen and oxygen atoms in total. The molecule has 1 aliphatic heterocycles. The molecule has 1 atom stereocenters. The van der Waals surface area contributed by atoms with Crippen LogP contribution in [-0.2, 0) is 0 Å². The Morgan fingerprint density at radius 1 is 0.909 bits per heavy atom. The topological polar surface area (TPSA) is 6.25 Å². The molecule has 0 fully saturated rings. The molecular formula is C19H23ClN2. The molecular weight excluding hydrogens is 292 g/mol. The Balaban J connectivity index is 0.00000176. The van der Waals surface area contributed by atoms with E-state index in [1.165, 1.54) is 17.1 Å². The zero-order chi connectivity index (χ0) is 15.0. The number of anilines is 1. The molecule has 2 aromatic rings. The molecule has 0 aliphatic carbocycles. The maximum Gasteiger partial charge on any atom is 0.232 e. The number of hydrogen-bond donors (Lipinski definition) is 0. The number of halogens is 1. The highest BCUT2D eigenvalue weighted by Crippen LogP contribution is 2.36. The van der Waals surface area contributed by atoms with Gasteiger partial charge in [0.25, 0.3) is 0 Å². The van der Waals surface area contributed by atoms with Crippen LogP contribution in [0.15, 0.2) is 60.7 Å². The van der Waals surface area contributed by atoms with E-state index in [1.54, 1.807) is 0 Å². The standard InChI is InChI=1S/C19H23N2.ClH/c1-15-19(3,4)21(18-13-9-6-10-14-18)16(2)20(15)17-11-7-5-8-12-17;/h5-14,16H,1-4H3;1H/q+1;/p-1. The molecule has 0 spiro atoms. The average Bonchev–Trinajstić information content (AvgIpc) is 2.67. The summed E-state index contributed by atoms with van der Waals surface area (Å²) in [6, 6.07) is 21.3. The van der Waals surface area contributed by atoms with Crippen LogP contribution in [0, 0.1) is 0 Å². The van der Waals surface area contributed by atoms with E-state index >= 15 is 0 Å². The molecule has 3 rings (SSSR count). The second-order valence-corrected chi connectivity index (χ2v) is 6.19. The minimum atomic E-state index is -0.00336. The second-order valence-electron chi connectivity index (χ2n) is 6.19. The molecule has 0 N–H and O–H groups in total. The van der Waals surface area contributed by atoms with Gasteiger partial charge in [-0.25, -0.2) is 0 Å². The lowest BCUT2D eigenvalue weighted by Gasteiger charge is -2.32. The summed E-state index contributed by atoms with van der Waals surface area (Å²) in [7, 11) is 0. The molecule has 116 valence electrons. The van der Waals surface area contributed by atoms with Crippen LogP contribution in [0.1, 0.15) is 27.7 Å². The van der Waals surface area contributed by atoms with Crippen LogP contribution in [0.2, 0.25) is 0 Å². The Kier molecular flexibility index (Phi) is 4.62. The first-order chi connectivity index (χ1) is 10.0. The largest absolute Gasteiger partial charge is 1.00 e. The molecule has 0 saturated heterocycles. The van der Waals surface area contributed by atoms with Crippen molar-refractivity contribution < 1.29 is 17.0 Å². The fraction of sp³-hybridized carbons (Fsp3) is 0.316. The Morgan fingerprint density at radius 3 is 1.95 bits per heavy atom. The number of nitrogens with zero attached hydrogens (tertiary/aromatic N) is 2. The van der Waals surface area contributed by atoms with Gasteiger partial charge in [-0.15, -0.1) is 0 Å². The lowest BCUT2D eigenvalue weighted by atomic mass is 9.97. The van der Waals surface area contributed by atoms with Gasteiger partial charge in [0.15, 0.2) is 5.71 Å². The highest BCUT2D eigenvalue weighted by atomic mass is 35.5. The number of hydrogen-bond acceptors (Lipinski definition) is 1. The van der Waals surface area contributed by atoms with Crippen molar-refractivity contribution >= 4 is 17.1 Å². The van der Waals surface area contributed by atoms with Crippen LogP contribution >= 0.6 is 0 Å². The lowest BCUT2D eigenvalue weighted by molar-refractivity contribution is -0.470. The van der Waals surface area contributed by atoms with Crippen LogP contribution in [-0.4, -0.2) is 22.0 Å². The highest BCUT2D eigenvalue weighted by molar-refractivity contribution is 5.92. The van der Waals surface area contributed by atoms with E-state index < -0.39 is 0 Å². The van der Waals surface area contributed by atoms with Crippen molar-refractivity contribution in [1.82, 2.24) is 0 Å². The number of rotatable bonds is 2. The van der Waals surface area contributed by atoms with Crippen molar-refractivity contribution in [3.8, 4) is 0 Å². The van der Waals surface area contributed by atoms with Crippen molar-refractivity contribution in [2.75, 3.05) is 4.90 Å². The fourth-order valence-corrected chi connectivity index (χ4v) is 3.46. The number of benzene rings is 2. The SMILES string of the molecule is CC1=[N+](c2ccccc2)C(C)N(c2ccccc2)C1(C)C.[Cl-]. The molecule has 22 heavy (non-hydrogen) atoms. The van der Waals surface area contributed by atoms with Crippen LogP contribution in [0.5, 0.6) is 0 Å². The molecule has 0 saturated carbocycles. The zero-order valence-corrected chi connectivity index (χ0v) is 14.4. The van der Waals surface area contributed by atoms with Gasteiger partial charge in [0.1, 0.15) is 5.54 Å². The third-order valence-corrected chi connectivity index (χ3v) is 4.67. The molecule has 1 aliphatic rings. The van der Waals surface area contributed by atoms with Gasteiger partial charge in [-0.05, 0) is 26.0 Å². The normalized spacial score (nSPS) is 20.0. The minimum Gasteiger partial charge on any atom is -1.00 e. The lowest BCUT2D eigenvalue weighted by Crippen LogP contribution is -3.00. The van der Waals surface area contributed by atoms with E-state index in [1.807, 2.05) is 0 Å². The van der Waals surface area contributed by atoms with Crippen LogP contribution < -0.4 is 17.3 Å². The molecule has 0 radical (unpaired) electrons. The van der Waals surface area contributed by atoms with Gasteiger partial charge >= 0.3 is 0 Å². The van der Waals surface area contributed by atoms with Gasteiger partial charge in [-0.2, -0.15) is 4.58 Å². The predicted molar refractivity (Wildman–Crippen MR) is 89.5 cm³/mol. The van der Waals surface area contributed by atoms with Crippen molar-refractivity contribution in [1.29, 1.82) is 0 Å². The second kappa shape index (κ2) is 6.13. The monoisotopic (exact) mass is 314 g/mol. The van der Waals surface area contributed by atoms with E-state index in [4.69, 9.17) is 0 Å². The third-order valence-electron chi connectivity index (χ3n) is 4.67. The average molecular weight is 315 g/mol. The molecule has 1 heterocycles. The van der Waals surface area contributed by atoms with Gasteiger partial charge in [0.2, 0.25) is 11.9 Å². The van der Waals surface area contributed by atoms with Crippen molar-refractivity contribution in [3.05, 3.63) is 60.7 Å². The summed E-state index contributed by atoms with van der Waals surface area (Å²) >= 11 is 0. The Labute approximate surface area is 139 Å². The van der Waals surface area contributed by atoms with Gasteiger partial charge in [-0.1, -0.05) is 36.4 Å². The molecule has 3 heteroatoms. The quantitative estimate of drug-likeness (QED) is 0.760. The van der Waals surface area contributed by atoms with E-state index in [9.17, 15) is 0 Å². The van der Waals surface area contributed by atoms with Crippen molar-refractivity contribution in [3.63, 3.8) is 0 Å². The first-order valence-electron chi connectivity index (χ1n) is 7.56. The first-order valence-corrected chi connectivity index (χ1v) is 7.56. The van der Waals surface area contributed by atoms with Crippen molar-refractivity contribution in [2.45, 2.75) is 39.4 Å². The minimum absolute atomic E-state index is 0. The summed E-state index contributed by atoms with van der Waals surface area (Å²) in [5, 5.41) is 0. The summed E-state index contributed by atoms with van der Waals surface area (Å²) in [5.74, 6) is 0. The molecule has 0 aromatic heterocycles. The van der Waals surface area contributed by atoms with Crippen LogP contribution in [0.3, 0.4) is 0 Å².